The van der Waals surface area contributed by atoms with Gasteiger partial charge in [0.1, 0.15) is 5.82 Å². The molecule has 4 nitrogen and oxygen atoms in total. The second kappa shape index (κ2) is 5.29. The molecule has 2 aromatic rings. The summed E-state index contributed by atoms with van der Waals surface area (Å²) in [6.45, 7) is 2.43. The van der Waals surface area contributed by atoms with Crippen molar-refractivity contribution in [3.05, 3.63) is 41.3 Å². The van der Waals surface area contributed by atoms with Gasteiger partial charge in [-0.2, -0.15) is 0 Å². The predicted molar refractivity (Wildman–Crippen MR) is 78.4 cm³/mol. The molecular formula is C15H16ClN3O. The van der Waals surface area contributed by atoms with Crippen LogP contribution in [0.1, 0.15) is 31.6 Å². The van der Waals surface area contributed by atoms with Crippen molar-refractivity contribution in [1.82, 2.24) is 14.9 Å². The van der Waals surface area contributed by atoms with Crippen molar-refractivity contribution < 1.29 is 4.79 Å². The Balaban J connectivity index is 1.86. The lowest BCUT2D eigenvalue weighted by molar-refractivity contribution is -0.129. The summed E-state index contributed by atoms with van der Waals surface area (Å²) >= 11 is 5.89. The van der Waals surface area contributed by atoms with Crippen molar-refractivity contribution in [3.63, 3.8) is 0 Å². The van der Waals surface area contributed by atoms with Crippen LogP contribution in [0.25, 0.3) is 11.3 Å². The molecule has 20 heavy (non-hydrogen) atoms. The first-order valence-corrected chi connectivity index (χ1v) is 7.11. The largest absolute Gasteiger partial charge is 0.340 e. The first-order valence-electron chi connectivity index (χ1n) is 6.73. The van der Waals surface area contributed by atoms with Gasteiger partial charge >= 0.3 is 0 Å². The highest BCUT2D eigenvalue weighted by Crippen LogP contribution is 2.31. The molecule has 0 spiro atoms. The summed E-state index contributed by atoms with van der Waals surface area (Å²) in [4.78, 5) is 21.3. The Labute approximate surface area is 122 Å². The fourth-order valence-corrected chi connectivity index (χ4v) is 2.84. The number of carbonyl (C=O) groups excluding carboxylic acids is 1. The molecule has 1 unspecified atom stereocenters. The highest BCUT2D eigenvalue weighted by atomic mass is 35.5. The van der Waals surface area contributed by atoms with E-state index in [0.717, 1.165) is 36.5 Å². The van der Waals surface area contributed by atoms with Gasteiger partial charge in [-0.25, -0.2) is 4.98 Å². The van der Waals surface area contributed by atoms with Crippen LogP contribution in [0.15, 0.2) is 30.5 Å². The number of carbonyl (C=O) groups is 1. The zero-order chi connectivity index (χ0) is 14.1. The van der Waals surface area contributed by atoms with Gasteiger partial charge in [-0.15, -0.1) is 0 Å². The van der Waals surface area contributed by atoms with Crippen LogP contribution in [-0.2, 0) is 4.79 Å². The first kappa shape index (κ1) is 13.2. The zero-order valence-corrected chi connectivity index (χ0v) is 12.0. The fraction of sp³-hybridized carbons (Fsp3) is 0.333. The Morgan fingerprint density at radius 2 is 2.15 bits per heavy atom. The van der Waals surface area contributed by atoms with Crippen molar-refractivity contribution >= 4 is 17.5 Å². The summed E-state index contributed by atoms with van der Waals surface area (Å²) in [5.74, 6) is 0.972. The van der Waals surface area contributed by atoms with Crippen molar-refractivity contribution in [3.8, 4) is 11.3 Å². The maximum atomic E-state index is 11.6. The number of benzene rings is 1. The molecule has 1 aliphatic heterocycles. The number of imidazole rings is 1. The molecule has 1 atom stereocenters. The van der Waals surface area contributed by atoms with Gasteiger partial charge in [0, 0.05) is 18.5 Å². The second-order valence-electron chi connectivity index (χ2n) is 5.06. The number of rotatable bonds is 2. The number of halogens is 1. The highest BCUT2D eigenvalue weighted by molar-refractivity contribution is 6.30. The quantitative estimate of drug-likeness (QED) is 0.921. The van der Waals surface area contributed by atoms with E-state index in [2.05, 4.69) is 9.97 Å². The molecule has 3 rings (SSSR count). The molecule has 0 radical (unpaired) electrons. The molecule has 1 fully saturated rings. The van der Waals surface area contributed by atoms with Gasteiger partial charge in [0.25, 0.3) is 0 Å². The van der Waals surface area contributed by atoms with Gasteiger partial charge in [0.2, 0.25) is 5.91 Å². The van der Waals surface area contributed by atoms with E-state index in [1.165, 1.54) is 0 Å². The predicted octanol–water partition coefficient (Wildman–Crippen LogP) is 3.41. The molecular weight excluding hydrogens is 274 g/mol. The normalized spacial score (nSPS) is 18.5. The van der Waals surface area contributed by atoms with E-state index in [9.17, 15) is 4.79 Å². The van der Waals surface area contributed by atoms with Crippen LogP contribution in [0.5, 0.6) is 0 Å². The molecule has 2 heterocycles. The molecule has 0 aliphatic carbocycles. The van der Waals surface area contributed by atoms with Gasteiger partial charge < -0.3 is 9.88 Å². The smallest absolute Gasteiger partial charge is 0.220 e. The van der Waals surface area contributed by atoms with Crippen LogP contribution in [0.3, 0.4) is 0 Å². The third-order valence-electron chi connectivity index (χ3n) is 3.72. The van der Waals surface area contributed by atoms with Crippen LogP contribution in [0.2, 0.25) is 5.02 Å². The first-order chi connectivity index (χ1) is 9.65. The van der Waals surface area contributed by atoms with E-state index in [0.29, 0.717) is 5.02 Å². The number of aromatic nitrogens is 2. The van der Waals surface area contributed by atoms with Crippen molar-refractivity contribution in [2.75, 3.05) is 6.54 Å². The van der Waals surface area contributed by atoms with E-state index < -0.39 is 0 Å². The molecule has 104 valence electrons. The van der Waals surface area contributed by atoms with E-state index in [1.54, 1.807) is 6.92 Å². The topological polar surface area (TPSA) is 49.0 Å². The van der Waals surface area contributed by atoms with Gasteiger partial charge in [0.05, 0.1) is 17.9 Å². The maximum Gasteiger partial charge on any atom is 0.220 e. The average molecular weight is 290 g/mol. The number of hydrogen-bond acceptors (Lipinski definition) is 2. The van der Waals surface area contributed by atoms with Crippen LogP contribution in [-0.4, -0.2) is 27.3 Å². The minimum absolute atomic E-state index is 0.0774. The molecule has 1 N–H and O–H groups in total. The van der Waals surface area contributed by atoms with E-state index in [4.69, 9.17) is 11.6 Å². The lowest BCUT2D eigenvalue weighted by atomic mass is 10.2. The third kappa shape index (κ3) is 2.43. The summed E-state index contributed by atoms with van der Waals surface area (Å²) in [6.07, 6.45) is 3.81. The molecule has 1 aromatic heterocycles. The van der Waals surface area contributed by atoms with E-state index >= 15 is 0 Å². The molecule has 0 bridgehead atoms. The van der Waals surface area contributed by atoms with Crippen molar-refractivity contribution in [1.29, 1.82) is 0 Å². The average Bonchev–Trinajstić information content (AvgIpc) is 3.08. The number of likely N-dealkylation sites (tertiary alicyclic amines) is 1. The standard InChI is InChI=1S/C15H16ClN3O/c1-10(20)19-8-2-3-14(19)15-17-9-13(18-15)11-4-6-12(16)7-5-11/h4-7,9,14H,2-3,8H2,1H3,(H,17,18). The Bertz CT molecular complexity index is 620. The highest BCUT2D eigenvalue weighted by Gasteiger charge is 2.29. The van der Waals surface area contributed by atoms with Gasteiger partial charge in [-0.1, -0.05) is 23.7 Å². The number of amides is 1. The molecule has 1 saturated heterocycles. The minimum Gasteiger partial charge on any atom is -0.340 e. The maximum absolute atomic E-state index is 11.6. The Morgan fingerprint density at radius 1 is 1.40 bits per heavy atom. The number of H-pyrrole nitrogens is 1. The molecule has 5 heteroatoms. The van der Waals surface area contributed by atoms with Gasteiger partial charge in [-0.05, 0) is 30.5 Å². The number of nitrogens with zero attached hydrogens (tertiary/aromatic N) is 2. The summed E-state index contributed by atoms with van der Waals surface area (Å²) in [7, 11) is 0. The molecule has 0 saturated carbocycles. The van der Waals surface area contributed by atoms with Crippen LogP contribution in [0, 0.1) is 0 Å². The Morgan fingerprint density at radius 3 is 2.85 bits per heavy atom. The summed E-state index contributed by atoms with van der Waals surface area (Å²) < 4.78 is 0. The monoisotopic (exact) mass is 289 g/mol. The molecule has 1 aliphatic rings. The number of nitrogens with one attached hydrogen (secondary N) is 1. The van der Waals surface area contributed by atoms with E-state index in [1.807, 2.05) is 35.4 Å². The summed E-state index contributed by atoms with van der Waals surface area (Å²) in [5, 5.41) is 0.715. The zero-order valence-electron chi connectivity index (χ0n) is 11.3. The van der Waals surface area contributed by atoms with Crippen molar-refractivity contribution in [2.45, 2.75) is 25.8 Å². The minimum atomic E-state index is 0.0774. The van der Waals surface area contributed by atoms with Crippen LogP contribution < -0.4 is 0 Å². The molecule has 1 aromatic carbocycles. The Kier molecular flexibility index (Phi) is 3.49. The van der Waals surface area contributed by atoms with E-state index in [-0.39, 0.29) is 11.9 Å². The lowest BCUT2D eigenvalue weighted by Crippen LogP contribution is -2.28. The van der Waals surface area contributed by atoms with Crippen LogP contribution in [0.4, 0.5) is 0 Å². The third-order valence-corrected chi connectivity index (χ3v) is 3.98. The number of hydrogen-bond donors (Lipinski definition) is 1. The fourth-order valence-electron chi connectivity index (χ4n) is 2.71. The van der Waals surface area contributed by atoms with Gasteiger partial charge in [0.15, 0.2) is 0 Å². The van der Waals surface area contributed by atoms with Crippen LogP contribution >= 0.6 is 11.6 Å². The number of aromatic amines is 1. The molecule has 1 amide bonds. The summed E-state index contributed by atoms with van der Waals surface area (Å²) in [5.41, 5.74) is 1.99. The lowest BCUT2D eigenvalue weighted by Gasteiger charge is -2.21. The summed E-state index contributed by atoms with van der Waals surface area (Å²) in [6, 6.07) is 7.70. The van der Waals surface area contributed by atoms with Gasteiger partial charge in [-0.3, -0.25) is 4.79 Å². The van der Waals surface area contributed by atoms with Crippen molar-refractivity contribution in [2.24, 2.45) is 0 Å². The Hall–Kier alpha value is -1.81. The second-order valence-corrected chi connectivity index (χ2v) is 5.50. The SMILES string of the molecule is CC(=O)N1CCCC1c1ncc(-c2ccc(Cl)cc2)[nH]1.